The third-order valence-corrected chi connectivity index (χ3v) is 6.29. The van der Waals surface area contributed by atoms with Crippen LogP contribution < -0.4 is 5.32 Å². The Bertz CT molecular complexity index is 932. The number of aromatic nitrogens is 1. The van der Waals surface area contributed by atoms with Crippen molar-refractivity contribution < 1.29 is 14.4 Å². The molecule has 2 aliphatic rings. The van der Waals surface area contributed by atoms with Crippen molar-refractivity contribution in [3.8, 4) is 0 Å². The van der Waals surface area contributed by atoms with Gasteiger partial charge in [0.05, 0.1) is 6.54 Å². The Morgan fingerprint density at radius 2 is 2.11 bits per heavy atom. The molecule has 6 nitrogen and oxygen atoms in total. The van der Waals surface area contributed by atoms with Gasteiger partial charge in [-0.3, -0.25) is 14.5 Å². The Hall–Kier alpha value is -2.63. The second-order valence-corrected chi connectivity index (χ2v) is 7.76. The van der Waals surface area contributed by atoms with E-state index in [0.717, 1.165) is 47.0 Å². The first-order chi connectivity index (χ1) is 13.0. The van der Waals surface area contributed by atoms with E-state index < -0.39 is 11.6 Å². The summed E-state index contributed by atoms with van der Waals surface area (Å²) >= 11 is 0. The lowest BCUT2D eigenvalue weighted by Gasteiger charge is -2.36. The molecule has 1 aliphatic heterocycles. The van der Waals surface area contributed by atoms with Crippen LogP contribution in [0.1, 0.15) is 55.5 Å². The van der Waals surface area contributed by atoms with Gasteiger partial charge in [0.1, 0.15) is 5.54 Å². The molecule has 27 heavy (non-hydrogen) atoms. The predicted octanol–water partition coefficient (Wildman–Crippen LogP) is 3.41. The molecule has 1 aromatic heterocycles. The van der Waals surface area contributed by atoms with Gasteiger partial charge < -0.3 is 10.3 Å². The summed E-state index contributed by atoms with van der Waals surface area (Å²) in [7, 11) is 0. The smallest absolute Gasteiger partial charge is 0.325 e. The van der Waals surface area contributed by atoms with E-state index in [-0.39, 0.29) is 24.2 Å². The van der Waals surface area contributed by atoms with Gasteiger partial charge in [-0.25, -0.2) is 4.79 Å². The molecule has 1 aliphatic carbocycles. The van der Waals surface area contributed by atoms with Crippen LogP contribution in [-0.2, 0) is 11.2 Å². The van der Waals surface area contributed by atoms with Crippen molar-refractivity contribution in [3.05, 3.63) is 35.5 Å². The summed E-state index contributed by atoms with van der Waals surface area (Å²) in [6.07, 6.45) is 6.09. The number of H-pyrrole nitrogens is 1. The summed E-state index contributed by atoms with van der Waals surface area (Å²) in [5.41, 5.74) is 1.78. The van der Waals surface area contributed by atoms with Gasteiger partial charge in [0.2, 0.25) is 0 Å². The first kappa shape index (κ1) is 17.8. The van der Waals surface area contributed by atoms with Crippen LogP contribution in [0.25, 0.3) is 10.9 Å². The number of hydrogen-bond donors (Lipinski definition) is 2. The van der Waals surface area contributed by atoms with Crippen LogP contribution in [0, 0.1) is 5.92 Å². The summed E-state index contributed by atoms with van der Waals surface area (Å²) in [6, 6.07) is 5.40. The van der Waals surface area contributed by atoms with E-state index in [9.17, 15) is 14.4 Å². The van der Waals surface area contributed by atoms with Crippen molar-refractivity contribution in [1.82, 2.24) is 15.2 Å². The predicted molar refractivity (Wildman–Crippen MR) is 103 cm³/mol. The number of imide groups is 1. The lowest BCUT2D eigenvalue weighted by atomic mass is 9.73. The minimum atomic E-state index is -0.828. The van der Waals surface area contributed by atoms with Crippen molar-refractivity contribution in [2.75, 3.05) is 6.54 Å². The third-order valence-electron chi connectivity index (χ3n) is 6.29. The van der Waals surface area contributed by atoms with E-state index in [4.69, 9.17) is 0 Å². The number of nitrogens with zero attached hydrogens (tertiary/aromatic N) is 1. The van der Waals surface area contributed by atoms with Crippen molar-refractivity contribution in [1.29, 1.82) is 0 Å². The number of carbonyl (C=O) groups is 3. The van der Waals surface area contributed by atoms with Crippen molar-refractivity contribution >= 4 is 28.6 Å². The summed E-state index contributed by atoms with van der Waals surface area (Å²) in [5, 5.41) is 3.74. The number of Topliss-reactive ketones (excluding diaryl/α,β-unsaturated/α-hetero) is 1. The molecule has 2 atom stereocenters. The van der Waals surface area contributed by atoms with Crippen molar-refractivity contribution in [2.24, 2.45) is 5.92 Å². The van der Waals surface area contributed by atoms with Crippen LogP contribution in [0.3, 0.4) is 0 Å². The number of para-hydroxylation sites is 1. The highest BCUT2D eigenvalue weighted by atomic mass is 16.2. The number of carbonyl (C=O) groups excluding carboxylic acids is 3. The molecule has 0 radical (unpaired) electrons. The van der Waals surface area contributed by atoms with E-state index >= 15 is 0 Å². The molecule has 6 heteroatoms. The number of hydrogen-bond acceptors (Lipinski definition) is 3. The van der Waals surface area contributed by atoms with Crippen LogP contribution in [0.5, 0.6) is 0 Å². The summed E-state index contributed by atoms with van der Waals surface area (Å²) in [6.45, 7) is 3.85. The molecule has 142 valence electrons. The van der Waals surface area contributed by atoms with Crippen LogP contribution in [0.2, 0.25) is 0 Å². The maximum atomic E-state index is 13.1. The lowest BCUT2D eigenvalue weighted by molar-refractivity contribution is -0.133. The van der Waals surface area contributed by atoms with Gasteiger partial charge in [0.25, 0.3) is 5.91 Å². The normalized spacial score (nSPS) is 25.4. The van der Waals surface area contributed by atoms with Gasteiger partial charge in [-0.1, -0.05) is 44.9 Å². The number of aryl methyl sites for hydroxylation is 1. The van der Waals surface area contributed by atoms with Crippen molar-refractivity contribution in [2.45, 2.75) is 51.5 Å². The number of benzene rings is 1. The Kier molecular flexibility index (Phi) is 4.29. The first-order valence-corrected chi connectivity index (χ1v) is 9.74. The summed E-state index contributed by atoms with van der Waals surface area (Å²) in [4.78, 5) is 42.8. The van der Waals surface area contributed by atoms with Crippen LogP contribution in [-0.4, -0.2) is 39.7 Å². The highest BCUT2D eigenvalue weighted by Crippen LogP contribution is 2.38. The Morgan fingerprint density at radius 1 is 1.30 bits per heavy atom. The molecule has 1 saturated heterocycles. The van der Waals surface area contributed by atoms with Crippen LogP contribution in [0.15, 0.2) is 24.4 Å². The number of ketones is 1. The Labute approximate surface area is 158 Å². The number of urea groups is 1. The molecule has 3 amide bonds. The maximum absolute atomic E-state index is 13.1. The molecule has 2 heterocycles. The zero-order valence-electron chi connectivity index (χ0n) is 15.8. The standard InChI is InChI=1S/C21H25N3O3/c1-3-14-8-6-9-15-16(11-22-18(14)15)17(25)12-24-19(26)21(23-20(24)27)10-5-4-7-13(21)2/h6,8-9,11,13,22H,3-5,7,10,12H2,1-2H3,(H,23,27)/t13-,21-/m1/s1. The molecule has 2 aromatic rings. The summed E-state index contributed by atoms with van der Waals surface area (Å²) < 4.78 is 0. The van der Waals surface area contributed by atoms with Gasteiger partial charge in [0, 0.05) is 22.7 Å². The second-order valence-electron chi connectivity index (χ2n) is 7.76. The SMILES string of the molecule is CCc1cccc2c(C(=O)CN3C(=O)N[C@@]4(CCCC[C@H]4C)C3=O)c[nH]c12. The van der Waals surface area contributed by atoms with E-state index in [1.54, 1.807) is 6.20 Å². The van der Waals surface area contributed by atoms with E-state index in [2.05, 4.69) is 17.2 Å². The fourth-order valence-corrected chi connectivity index (χ4v) is 4.61. The Morgan fingerprint density at radius 3 is 2.85 bits per heavy atom. The molecule has 1 aromatic carbocycles. The molecule has 2 N–H and O–H groups in total. The topological polar surface area (TPSA) is 82.3 Å². The largest absolute Gasteiger partial charge is 0.360 e. The number of amides is 3. The highest BCUT2D eigenvalue weighted by Gasteiger charge is 2.55. The van der Waals surface area contributed by atoms with Gasteiger partial charge in [-0.15, -0.1) is 0 Å². The molecule has 4 rings (SSSR count). The molecular formula is C21H25N3O3. The van der Waals surface area contributed by atoms with Crippen molar-refractivity contribution in [3.63, 3.8) is 0 Å². The second kappa shape index (κ2) is 6.51. The lowest BCUT2D eigenvalue weighted by Crippen LogP contribution is -2.54. The van der Waals surface area contributed by atoms with E-state index in [0.29, 0.717) is 12.0 Å². The van der Waals surface area contributed by atoms with Gasteiger partial charge >= 0.3 is 6.03 Å². The molecule has 2 fully saturated rings. The highest BCUT2D eigenvalue weighted by molar-refractivity contribution is 6.14. The maximum Gasteiger partial charge on any atom is 0.325 e. The number of nitrogens with one attached hydrogen (secondary N) is 2. The Balaban J connectivity index is 1.60. The van der Waals surface area contributed by atoms with Gasteiger partial charge in [-0.2, -0.15) is 0 Å². The molecule has 1 saturated carbocycles. The van der Waals surface area contributed by atoms with Crippen LogP contribution >= 0.6 is 0 Å². The minimum Gasteiger partial charge on any atom is -0.360 e. The van der Waals surface area contributed by atoms with E-state index in [1.165, 1.54) is 0 Å². The number of aromatic amines is 1. The minimum absolute atomic E-state index is 0.0861. The molecule has 0 bridgehead atoms. The monoisotopic (exact) mass is 367 g/mol. The average Bonchev–Trinajstić information content (AvgIpc) is 3.20. The number of fused-ring (bicyclic) bond motifs is 1. The molecule has 1 spiro atoms. The fourth-order valence-electron chi connectivity index (χ4n) is 4.61. The number of rotatable bonds is 4. The average molecular weight is 367 g/mol. The van der Waals surface area contributed by atoms with Gasteiger partial charge in [0.15, 0.2) is 5.78 Å². The van der Waals surface area contributed by atoms with Crippen LogP contribution in [0.4, 0.5) is 4.79 Å². The zero-order valence-corrected chi connectivity index (χ0v) is 15.8. The first-order valence-electron chi connectivity index (χ1n) is 9.74. The quantitative estimate of drug-likeness (QED) is 0.642. The fraction of sp³-hybridized carbons (Fsp3) is 0.476. The van der Waals surface area contributed by atoms with E-state index in [1.807, 2.05) is 25.1 Å². The molecule has 0 unspecified atom stereocenters. The third kappa shape index (κ3) is 2.66. The summed E-state index contributed by atoms with van der Waals surface area (Å²) in [5.74, 6) is -0.386. The van der Waals surface area contributed by atoms with Gasteiger partial charge in [-0.05, 0) is 30.7 Å². The zero-order chi connectivity index (χ0) is 19.2. The molecular weight excluding hydrogens is 342 g/mol.